The average Bonchev–Trinajstić information content (AvgIpc) is 2.56. The summed E-state index contributed by atoms with van der Waals surface area (Å²) in [6, 6.07) is 10.5. The van der Waals surface area contributed by atoms with Gasteiger partial charge in [0, 0.05) is 25.4 Å². The summed E-state index contributed by atoms with van der Waals surface area (Å²) in [6.07, 6.45) is 1.86. The number of ether oxygens (including phenoxy) is 1. The zero-order chi connectivity index (χ0) is 16.5. The summed E-state index contributed by atoms with van der Waals surface area (Å²) in [5.41, 5.74) is 1.31. The van der Waals surface area contributed by atoms with E-state index in [2.05, 4.69) is 41.1 Å². The van der Waals surface area contributed by atoms with Gasteiger partial charge in [-0.25, -0.2) is 0 Å². The van der Waals surface area contributed by atoms with Crippen molar-refractivity contribution in [1.82, 2.24) is 10.2 Å². The number of benzene rings is 1. The smallest absolute Gasteiger partial charge is 0.230 e. The summed E-state index contributed by atoms with van der Waals surface area (Å²) < 4.78 is 5.85. The van der Waals surface area contributed by atoms with Crippen molar-refractivity contribution in [3.63, 3.8) is 0 Å². The average molecular weight is 334 g/mol. The highest BCUT2D eigenvalue weighted by atomic mass is 32.2. The molecule has 2 atom stereocenters. The number of carbonyl (C=O) groups is 1. The maximum Gasteiger partial charge on any atom is 0.230 e. The molecule has 0 aromatic heterocycles. The van der Waals surface area contributed by atoms with E-state index in [0.717, 1.165) is 25.4 Å². The van der Waals surface area contributed by atoms with Crippen molar-refractivity contribution in [2.45, 2.75) is 25.6 Å². The molecule has 1 N–H and O–H groups in total. The maximum atomic E-state index is 11.9. The second kappa shape index (κ2) is 9.75. The molecule has 23 heavy (non-hydrogen) atoms. The van der Waals surface area contributed by atoms with Crippen LogP contribution in [0.4, 0.5) is 0 Å². The van der Waals surface area contributed by atoms with Crippen LogP contribution in [0.2, 0.25) is 0 Å². The van der Waals surface area contributed by atoms with Gasteiger partial charge in [0.15, 0.2) is 0 Å². The van der Waals surface area contributed by atoms with Gasteiger partial charge >= 0.3 is 0 Å². The molecule has 1 aliphatic heterocycles. The lowest BCUT2D eigenvalue weighted by Crippen LogP contribution is -2.52. The van der Waals surface area contributed by atoms with Gasteiger partial charge in [-0.2, -0.15) is 0 Å². The first-order valence-electron chi connectivity index (χ1n) is 8.05. The first-order chi connectivity index (χ1) is 11.2. The van der Waals surface area contributed by atoms with Crippen LogP contribution in [0, 0.1) is 0 Å². The fraction of sp³-hybridized carbons (Fsp3) is 0.500. The number of nitrogens with zero attached hydrogens (tertiary/aromatic N) is 1. The first-order valence-corrected chi connectivity index (χ1v) is 9.20. The van der Waals surface area contributed by atoms with Crippen molar-refractivity contribution < 1.29 is 9.53 Å². The first kappa shape index (κ1) is 18.0. The molecule has 0 unspecified atom stereocenters. The van der Waals surface area contributed by atoms with E-state index in [-0.39, 0.29) is 18.1 Å². The molecule has 0 bridgehead atoms. The predicted molar refractivity (Wildman–Crippen MR) is 96.6 cm³/mol. The van der Waals surface area contributed by atoms with Gasteiger partial charge in [-0.3, -0.25) is 9.69 Å². The van der Waals surface area contributed by atoms with E-state index in [1.807, 2.05) is 19.1 Å². The molecule has 1 saturated heterocycles. The van der Waals surface area contributed by atoms with Crippen LogP contribution < -0.4 is 5.32 Å². The molecule has 1 aliphatic rings. The van der Waals surface area contributed by atoms with Gasteiger partial charge in [0.2, 0.25) is 5.91 Å². The van der Waals surface area contributed by atoms with Crippen LogP contribution in [0.25, 0.3) is 0 Å². The lowest BCUT2D eigenvalue weighted by Gasteiger charge is -2.36. The van der Waals surface area contributed by atoms with Crippen LogP contribution in [0.3, 0.4) is 0 Å². The van der Waals surface area contributed by atoms with Crippen molar-refractivity contribution in [2.24, 2.45) is 0 Å². The molecule has 126 valence electrons. The topological polar surface area (TPSA) is 41.6 Å². The second-order valence-electron chi connectivity index (χ2n) is 5.79. The van der Waals surface area contributed by atoms with Gasteiger partial charge in [0.1, 0.15) is 0 Å². The van der Waals surface area contributed by atoms with Crippen molar-refractivity contribution in [3.8, 4) is 0 Å². The molecule has 4 nitrogen and oxygen atoms in total. The summed E-state index contributed by atoms with van der Waals surface area (Å²) in [5, 5.41) is 3.05. The summed E-state index contributed by atoms with van der Waals surface area (Å²) in [6.45, 7) is 9.09. The monoisotopic (exact) mass is 334 g/mol. The fourth-order valence-corrected chi connectivity index (χ4v) is 3.20. The molecule has 0 radical (unpaired) electrons. The zero-order valence-electron chi connectivity index (χ0n) is 13.7. The van der Waals surface area contributed by atoms with E-state index >= 15 is 0 Å². The Bertz CT molecular complexity index is 495. The maximum absolute atomic E-state index is 11.9. The minimum atomic E-state index is 0.0189. The Hall–Kier alpha value is -1.30. The molecule has 1 aromatic rings. The molecule has 0 spiro atoms. The summed E-state index contributed by atoms with van der Waals surface area (Å²) in [5.74, 6) is 1.33. The molecule has 1 heterocycles. The van der Waals surface area contributed by atoms with Crippen molar-refractivity contribution in [2.75, 3.05) is 31.2 Å². The number of hydrogen-bond donors (Lipinski definition) is 1. The Morgan fingerprint density at radius 1 is 1.52 bits per heavy atom. The van der Waals surface area contributed by atoms with E-state index < -0.39 is 0 Å². The van der Waals surface area contributed by atoms with E-state index in [1.165, 1.54) is 5.56 Å². The third kappa shape index (κ3) is 6.37. The normalized spacial score (nSPS) is 20.0. The fourth-order valence-electron chi connectivity index (χ4n) is 2.64. The minimum absolute atomic E-state index is 0.0189. The van der Waals surface area contributed by atoms with Crippen molar-refractivity contribution >= 4 is 17.7 Å². The number of nitrogens with one attached hydrogen (secondary N) is 1. The molecule has 0 aliphatic carbocycles. The Balaban J connectivity index is 1.78. The molecular weight excluding hydrogens is 308 g/mol. The van der Waals surface area contributed by atoms with Crippen LogP contribution >= 0.6 is 11.8 Å². The van der Waals surface area contributed by atoms with Crippen molar-refractivity contribution in [3.05, 3.63) is 48.6 Å². The lowest BCUT2D eigenvalue weighted by molar-refractivity contribution is -0.121. The Morgan fingerprint density at radius 3 is 3.04 bits per heavy atom. The summed E-state index contributed by atoms with van der Waals surface area (Å²) in [4.78, 5) is 14.3. The number of morpholine rings is 1. The van der Waals surface area contributed by atoms with E-state index in [9.17, 15) is 4.79 Å². The third-order valence-electron chi connectivity index (χ3n) is 3.84. The Morgan fingerprint density at radius 2 is 2.30 bits per heavy atom. The highest BCUT2D eigenvalue weighted by Crippen LogP contribution is 2.13. The van der Waals surface area contributed by atoms with Gasteiger partial charge in [0.05, 0.1) is 24.5 Å². The number of thioether (sulfide) groups is 1. The second-order valence-corrected chi connectivity index (χ2v) is 6.82. The van der Waals surface area contributed by atoms with Gasteiger partial charge < -0.3 is 10.1 Å². The standard InChI is InChI=1S/C18H26N2O2S/c1-3-11-23-14-18(21)19-15(2)17-13-20(9-10-22-17)12-16-7-5-4-6-8-16/h3-8,15,17H,1,9-14H2,2H3,(H,19,21)/t15-,17-/m0/s1. The number of carbonyl (C=O) groups excluding carboxylic acids is 1. The molecule has 5 heteroatoms. The molecule has 1 amide bonds. The molecule has 2 rings (SSSR count). The predicted octanol–water partition coefficient (Wildman–Crippen LogP) is 2.31. The molecule has 1 fully saturated rings. The molecule has 0 saturated carbocycles. The van der Waals surface area contributed by atoms with Crippen molar-refractivity contribution in [1.29, 1.82) is 0 Å². The minimum Gasteiger partial charge on any atom is -0.373 e. The summed E-state index contributed by atoms with van der Waals surface area (Å²) in [7, 11) is 0. The van der Waals surface area contributed by atoms with Crippen LogP contribution in [0.5, 0.6) is 0 Å². The Kier molecular flexibility index (Phi) is 7.65. The van der Waals surface area contributed by atoms with E-state index in [1.54, 1.807) is 11.8 Å². The quantitative estimate of drug-likeness (QED) is 0.585. The molecule has 1 aromatic carbocycles. The van der Waals surface area contributed by atoms with Crippen LogP contribution in [0.15, 0.2) is 43.0 Å². The van der Waals surface area contributed by atoms with E-state index in [4.69, 9.17) is 4.74 Å². The zero-order valence-corrected chi connectivity index (χ0v) is 14.6. The third-order valence-corrected chi connectivity index (χ3v) is 4.78. The highest BCUT2D eigenvalue weighted by molar-refractivity contribution is 8.00. The molecular formula is C18H26N2O2S. The summed E-state index contributed by atoms with van der Waals surface area (Å²) >= 11 is 1.57. The van der Waals surface area contributed by atoms with Gasteiger partial charge in [-0.15, -0.1) is 18.3 Å². The van der Waals surface area contributed by atoms with Crippen LogP contribution in [0.1, 0.15) is 12.5 Å². The van der Waals surface area contributed by atoms with Gasteiger partial charge in [0.25, 0.3) is 0 Å². The lowest BCUT2D eigenvalue weighted by atomic mass is 10.1. The van der Waals surface area contributed by atoms with Crippen LogP contribution in [-0.2, 0) is 16.1 Å². The Labute approximate surface area is 143 Å². The largest absolute Gasteiger partial charge is 0.373 e. The number of amides is 1. The SMILES string of the molecule is C=CCSCC(=O)N[C@@H](C)[C@@H]1CN(Cc2ccccc2)CCO1. The number of rotatable bonds is 8. The van der Waals surface area contributed by atoms with Gasteiger partial charge in [-0.05, 0) is 12.5 Å². The van der Waals surface area contributed by atoms with Gasteiger partial charge in [-0.1, -0.05) is 36.4 Å². The van der Waals surface area contributed by atoms with E-state index in [0.29, 0.717) is 12.4 Å². The van der Waals surface area contributed by atoms with Crippen LogP contribution in [-0.4, -0.2) is 54.2 Å². The number of hydrogen-bond acceptors (Lipinski definition) is 4. The highest BCUT2D eigenvalue weighted by Gasteiger charge is 2.26.